The van der Waals surface area contributed by atoms with Crippen molar-refractivity contribution in [1.29, 1.82) is 0 Å². The molecule has 0 radical (unpaired) electrons. The fourth-order valence-corrected chi connectivity index (χ4v) is 4.97. The number of aryl methyl sites for hydroxylation is 1. The number of thioether (sulfide) groups is 1. The number of hydrogen-bond acceptors (Lipinski definition) is 5. The zero-order chi connectivity index (χ0) is 24.1. The highest BCUT2D eigenvalue weighted by Crippen LogP contribution is 2.39. The molecule has 4 aromatic rings. The van der Waals surface area contributed by atoms with Gasteiger partial charge in [0.1, 0.15) is 5.69 Å². The molecule has 1 aromatic carbocycles. The normalized spacial score (nSPS) is 14.1. The van der Waals surface area contributed by atoms with Crippen LogP contribution in [0.4, 0.5) is 13.2 Å². The number of halogens is 4. The van der Waals surface area contributed by atoms with E-state index in [2.05, 4.69) is 20.2 Å². The summed E-state index contributed by atoms with van der Waals surface area (Å²) in [5.74, 6) is -0.939. The SMILES string of the molecule is CCSc1cc2c(cc1-c1nnc(-c3cc(C(C)(F)F)ccn3)n1C)nc([C@@](C)(F)I)n2C. The van der Waals surface area contributed by atoms with Gasteiger partial charge in [0.2, 0.25) is 3.68 Å². The Morgan fingerprint density at radius 1 is 1.03 bits per heavy atom. The standard InChI is InChI=1S/C22H22F3IN6S/c1-6-33-17-11-16-14(28-20(31(16)4)22(3,25)26)10-13(17)18-29-30-19(32(18)5)15-9-12(7-8-27-15)21(2,23)24/h7-11H,6H2,1-5H3/t22-/m0/s1. The van der Waals surface area contributed by atoms with Gasteiger partial charge in [0, 0.05) is 43.2 Å². The van der Waals surface area contributed by atoms with Gasteiger partial charge in [-0.15, -0.1) is 22.0 Å². The van der Waals surface area contributed by atoms with E-state index in [0.29, 0.717) is 28.7 Å². The maximum absolute atomic E-state index is 14.7. The van der Waals surface area contributed by atoms with Gasteiger partial charge >= 0.3 is 0 Å². The first-order chi connectivity index (χ1) is 15.4. The molecule has 33 heavy (non-hydrogen) atoms. The second-order valence-electron chi connectivity index (χ2n) is 7.88. The first kappa shape index (κ1) is 24.0. The Morgan fingerprint density at radius 3 is 2.36 bits per heavy atom. The van der Waals surface area contributed by atoms with E-state index in [1.807, 2.05) is 19.1 Å². The smallest absolute Gasteiger partial charge is 0.270 e. The van der Waals surface area contributed by atoms with Crippen molar-refractivity contribution in [2.45, 2.75) is 35.3 Å². The van der Waals surface area contributed by atoms with Crippen LogP contribution in [-0.4, -0.2) is 35.1 Å². The molecule has 4 rings (SSSR count). The molecular formula is C22H22F3IN6S. The quantitative estimate of drug-likeness (QED) is 0.152. The van der Waals surface area contributed by atoms with E-state index in [4.69, 9.17) is 0 Å². The highest BCUT2D eigenvalue weighted by Gasteiger charge is 2.29. The Kier molecular flexibility index (Phi) is 6.23. The van der Waals surface area contributed by atoms with E-state index in [0.717, 1.165) is 28.7 Å². The average Bonchev–Trinajstić information content (AvgIpc) is 3.27. The van der Waals surface area contributed by atoms with Crippen LogP contribution >= 0.6 is 34.4 Å². The lowest BCUT2D eigenvalue weighted by molar-refractivity contribution is 0.0174. The first-order valence-corrected chi connectivity index (χ1v) is 12.2. The summed E-state index contributed by atoms with van der Waals surface area (Å²) >= 11 is 3.35. The summed E-state index contributed by atoms with van der Waals surface area (Å²) in [5.41, 5.74) is 2.39. The Bertz CT molecular complexity index is 1340. The molecule has 0 spiro atoms. The predicted molar refractivity (Wildman–Crippen MR) is 132 cm³/mol. The fraction of sp³-hybridized carbons (Fsp3) is 0.364. The maximum Gasteiger partial charge on any atom is 0.270 e. The van der Waals surface area contributed by atoms with Gasteiger partial charge in [-0.1, -0.05) is 6.92 Å². The summed E-state index contributed by atoms with van der Waals surface area (Å²) in [6.07, 6.45) is 1.34. The van der Waals surface area contributed by atoms with Gasteiger partial charge in [0.25, 0.3) is 5.92 Å². The number of rotatable bonds is 6. The van der Waals surface area contributed by atoms with E-state index < -0.39 is 9.60 Å². The van der Waals surface area contributed by atoms with Crippen LogP contribution in [0.2, 0.25) is 0 Å². The third-order valence-electron chi connectivity index (χ3n) is 5.29. The van der Waals surface area contributed by atoms with Crippen molar-refractivity contribution in [2.75, 3.05) is 5.75 Å². The van der Waals surface area contributed by atoms with E-state index in [1.165, 1.54) is 25.3 Å². The van der Waals surface area contributed by atoms with E-state index in [-0.39, 0.29) is 5.56 Å². The molecule has 0 bridgehead atoms. The molecule has 0 amide bonds. The maximum atomic E-state index is 14.7. The van der Waals surface area contributed by atoms with Crippen molar-refractivity contribution < 1.29 is 13.2 Å². The van der Waals surface area contributed by atoms with E-state index >= 15 is 0 Å². The first-order valence-electron chi connectivity index (χ1n) is 10.2. The van der Waals surface area contributed by atoms with Crippen molar-refractivity contribution in [3.05, 3.63) is 41.9 Å². The molecule has 11 heteroatoms. The topological polar surface area (TPSA) is 61.4 Å². The summed E-state index contributed by atoms with van der Waals surface area (Å²) in [6.45, 7) is 4.35. The highest BCUT2D eigenvalue weighted by molar-refractivity contribution is 14.1. The van der Waals surface area contributed by atoms with Crippen LogP contribution in [0.1, 0.15) is 32.2 Å². The molecule has 3 heterocycles. The second-order valence-corrected chi connectivity index (χ2v) is 11.2. The summed E-state index contributed by atoms with van der Waals surface area (Å²) in [4.78, 5) is 9.69. The van der Waals surface area contributed by atoms with Gasteiger partial charge in [-0.25, -0.2) is 18.2 Å². The molecule has 0 fully saturated rings. The van der Waals surface area contributed by atoms with Crippen LogP contribution in [0, 0.1) is 0 Å². The lowest BCUT2D eigenvalue weighted by Gasteiger charge is -2.12. The van der Waals surface area contributed by atoms with Crippen LogP contribution in [0.25, 0.3) is 33.9 Å². The monoisotopic (exact) mass is 586 g/mol. The molecule has 0 unspecified atom stereocenters. The molecule has 174 valence electrons. The molecule has 0 aliphatic carbocycles. The minimum atomic E-state index is -2.99. The minimum Gasteiger partial charge on any atom is -0.328 e. The van der Waals surface area contributed by atoms with E-state index in [9.17, 15) is 13.2 Å². The van der Waals surface area contributed by atoms with Crippen LogP contribution in [0.15, 0.2) is 35.4 Å². The molecular weight excluding hydrogens is 564 g/mol. The van der Waals surface area contributed by atoms with Gasteiger partial charge in [0.15, 0.2) is 17.5 Å². The second kappa shape index (κ2) is 8.57. The number of pyridine rings is 1. The largest absolute Gasteiger partial charge is 0.328 e. The zero-order valence-electron chi connectivity index (χ0n) is 18.7. The molecule has 0 N–H and O–H groups in total. The summed E-state index contributed by atoms with van der Waals surface area (Å²) in [5, 5.41) is 8.58. The Balaban J connectivity index is 1.88. The molecule has 0 saturated heterocycles. The Morgan fingerprint density at radius 2 is 1.73 bits per heavy atom. The third kappa shape index (κ3) is 4.48. The van der Waals surface area contributed by atoms with Crippen molar-refractivity contribution >= 4 is 45.4 Å². The van der Waals surface area contributed by atoms with Gasteiger partial charge in [0.05, 0.1) is 11.0 Å². The predicted octanol–water partition coefficient (Wildman–Crippen LogP) is 6.23. The van der Waals surface area contributed by atoms with Gasteiger partial charge < -0.3 is 9.13 Å². The number of imidazole rings is 1. The Labute approximate surface area is 207 Å². The number of fused-ring (bicyclic) bond motifs is 1. The van der Waals surface area contributed by atoms with Crippen molar-refractivity contribution in [3.8, 4) is 22.9 Å². The number of benzene rings is 1. The Hall–Kier alpha value is -2.15. The molecule has 6 nitrogen and oxygen atoms in total. The number of hydrogen-bond donors (Lipinski definition) is 0. The average molecular weight is 586 g/mol. The molecule has 0 saturated carbocycles. The van der Waals surface area contributed by atoms with Crippen LogP contribution < -0.4 is 0 Å². The van der Waals surface area contributed by atoms with E-state index in [1.54, 1.807) is 57.6 Å². The number of nitrogens with zero attached hydrogens (tertiary/aromatic N) is 6. The molecule has 0 aliphatic rings. The van der Waals surface area contributed by atoms with Crippen molar-refractivity contribution in [2.24, 2.45) is 14.1 Å². The van der Waals surface area contributed by atoms with Crippen LogP contribution in [0.3, 0.4) is 0 Å². The number of aromatic nitrogens is 6. The zero-order valence-corrected chi connectivity index (χ0v) is 21.7. The van der Waals surface area contributed by atoms with Crippen molar-refractivity contribution in [1.82, 2.24) is 29.3 Å². The summed E-state index contributed by atoms with van der Waals surface area (Å²) < 4.78 is 44.2. The van der Waals surface area contributed by atoms with Crippen molar-refractivity contribution in [3.63, 3.8) is 0 Å². The summed E-state index contributed by atoms with van der Waals surface area (Å²) in [6, 6.07) is 6.46. The van der Waals surface area contributed by atoms with Crippen LogP contribution in [-0.2, 0) is 23.7 Å². The third-order valence-corrected chi connectivity index (χ3v) is 6.71. The lowest BCUT2D eigenvalue weighted by atomic mass is 10.1. The summed E-state index contributed by atoms with van der Waals surface area (Å²) in [7, 11) is 3.56. The lowest BCUT2D eigenvalue weighted by Crippen LogP contribution is -2.11. The van der Waals surface area contributed by atoms with Gasteiger partial charge in [-0.3, -0.25) is 4.98 Å². The van der Waals surface area contributed by atoms with Gasteiger partial charge in [-0.2, -0.15) is 0 Å². The molecule has 0 aliphatic heterocycles. The molecule has 3 aromatic heterocycles. The number of alkyl halides is 4. The minimum absolute atomic E-state index is 0.144. The highest BCUT2D eigenvalue weighted by atomic mass is 127. The van der Waals surface area contributed by atoms with Gasteiger partial charge in [-0.05, 0) is 59.5 Å². The molecule has 1 atom stereocenters. The fourth-order valence-electron chi connectivity index (χ4n) is 3.67. The van der Waals surface area contributed by atoms with Crippen LogP contribution in [0.5, 0.6) is 0 Å².